The molecule has 11 heteroatoms. The molecule has 0 atom stereocenters. The van der Waals surface area contributed by atoms with Gasteiger partial charge < -0.3 is 15.6 Å². The lowest BCUT2D eigenvalue weighted by atomic mass is 10.1. The van der Waals surface area contributed by atoms with E-state index in [-0.39, 0.29) is 21.2 Å². The van der Waals surface area contributed by atoms with Crippen LogP contribution in [-0.4, -0.2) is 49.2 Å². The topological polar surface area (TPSA) is 128 Å². The molecule has 1 fully saturated rings. The van der Waals surface area contributed by atoms with Crippen molar-refractivity contribution in [2.45, 2.75) is 17.7 Å². The maximum absolute atomic E-state index is 12.8. The third-order valence-electron chi connectivity index (χ3n) is 5.34. The van der Waals surface area contributed by atoms with Crippen molar-refractivity contribution < 1.29 is 18.0 Å². The fraction of sp³-hybridized carbons (Fsp3) is 0.227. The Balaban J connectivity index is 1.44. The summed E-state index contributed by atoms with van der Waals surface area (Å²) in [6.45, 7) is 0.437. The number of amides is 2. The zero-order valence-electron chi connectivity index (χ0n) is 17.4. The lowest BCUT2D eigenvalue weighted by Crippen LogP contribution is -2.35. The number of hydrogen-bond donors (Lipinski definition) is 3. The number of hydrogen-bond acceptors (Lipinski definition) is 5. The molecule has 0 unspecified atom stereocenters. The molecule has 0 aliphatic carbocycles. The molecule has 0 saturated carbocycles. The number of nitrogens with zero attached hydrogens (tertiary/aromatic N) is 1. The SMILES string of the molecule is O=C(CNC(=O)c1c[nH]c2ccccc2c1=O)Nc1ccc(Cl)c(S(=O)(=O)N2CCCC2)c1. The molecule has 2 heterocycles. The summed E-state index contributed by atoms with van der Waals surface area (Å²) in [5.74, 6) is -1.29. The summed E-state index contributed by atoms with van der Waals surface area (Å²) in [5, 5.41) is 5.37. The highest BCUT2D eigenvalue weighted by atomic mass is 35.5. The second-order valence-corrected chi connectivity index (χ2v) is 9.88. The molecule has 3 aromatic rings. The first-order valence-corrected chi connectivity index (χ1v) is 12.1. The summed E-state index contributed by atoms with van der Waals surface area (Å²) in [5.41, 5.74) is 0.253. The van der Waals surface area contributed by atoms with Crippen molar-refractivity contribution in [3.8, 4) is 0 Å². The number of fused-ring (bicyclic) bond motifs is 1. The van der Waals surface area contributed by atoms with E-state index in [9.17, 15) is 22.8 Å². The molecule has 9 nitrogen and oxygen atoms in total. The number of H-pyrrole nitrogens is 1. The van der Waals surface area contributed by atoms with Crippen LogP contribution in [0.1, 0.15) is 23.2 Å². The van der Waals surface area contributed by atoms with E-state index in [1.807, 2.05) is 0 Å². The van der Waals surface area contributed by atoms with Crippen molar-refractivity contribution in [1.82, 2.24) is 14.6 Å². The lowest BCUT2D eigenvalue weighted by molar-refractivity contribution is -0.115. The maximum atomic E-state index is 12.8. The Bertz CT molecular complexity index is 1400. The first kappa shape index (κ1) is 23.0. The zero-order valence-corrected chi connectivity index (χ0v) is 19.0. The molecule has 1 saturated heterocycles. The van der Waals surface area contributed by atoms with Gasteiger partial charge in [-0.25, -0.2) is 8.42 Å². The van der Waals surface area contributed by atoms with E-state index in [4.69, 9.17) is 11.6 Å². The Morgan fingerprint density at radius 1 is 1.09 bits per heavy atom. The van der Waals surface area contributed by atoms with Gasteiger partial charge in [0.2, 0.25) is 21.4 Å². The average Bonchev–Trinajstić information content (AvgIpc) is 3.35. The smallest absolute Gasteiger partial charge is 0.257 e. The van der Waals surface area contributed by atoms with Gasteiger partial charge in [0.1, 0.15) is 10.5 Å². The monoisotopic (exact) mass is 488 g/mol. The molecule has 0 bridgehead atoms. The van der Waals surface area contributed by atoms with Gasteiger partial charge in [-0.05, 0) is 43.2 Å². The molecule has 33 heavy (non-hydrogen) atoms. The highest BCUT2D eigenvalue weighted by Crippen LogP contribution is 2.29. The molecule has 0 spiro atoms. The first-order valence-electron chi connectivity index (χ1n) is 10.3. The molecule has 1 aliphatic rings. The number of carbonyl (C=O) groups is 2. The van der Waals surface area contributed by atoms with E-state index in [2.05, 4.69) is 15.6 Å². The molecule has 0 radical (unpaired) electrons. The average molecular weight is 489 g/mol. The summed E-state index contributed by atoms with van der Waals surface area (Å²) in [6, 6.07) is 10.9. The number of sulfonamides is 1. The molecule has 3 N–H and O–H groups in total. The van der Waals surface area contributed by atoms with Crippen LogP contribution < -0.4 is 16.1 Å². The van der Waals surface area contributed by atoms with E-state index in [0.717, 1.165) is 12.8 Å². The van der Waals surface area contributed by atoms with Gasteiger partial charge in [-0.15, -0.1) is 0 Å². The van der Waals surface area contributed by atoms with Gasteiger partial charge in [-0.2, -0.15) is 4.31 Å². The zero-order chi connectivity index (χ0) is 23.6. The van der Waals surface area contributed by atoms with Crippen molar-refractivity contribution in [3.05, 3.63) is 69.5 Å². The number of benzene rings is 2. The maximum Gasteiger partial charge on any atom is 0.257 e. The summed E-state index contributed by atoms with van der Waals surface area (Å²) >= 11 is 6.11. The van der Waals surface area contributed by atoms with Crippen LogP contribution in [0.5, 0.6) is 0 Å². The number of para-hydroxylation sites is 1. The number of carbonyl (C=O) groups excluding carboxylic acids is 2. The largest absolute Gasteiger partial charge is 0.360 e. The number of aromatic nitrogens is 1. The van der Waals surface area contributed by atoms with Crippen LogP contribution in [0.4, 0.5) is 5.69 Å². The van der Waals surface area contributed by atoms with E-state index in [0.29, 0.717) is 24.0 Å². The van der Waals surface area contributed by atoms with Crippen molar-refractivity contribution in [3.63, 3.8) is 0 Å². The van der Waals surface area contributed by atoms with Crippen LogP contribution in [0.3, 0.4) is 0 Å². The Morgan fingerprint density at radius 3 is 2.58 bits per heavy atom. The fourth-order valence-corrected chi connectivity index (χ4v) is 5.66. The van der Waals surface area contributed by atoms with Gasteiger partial charge >= 0.3 is 0 Å². The minimum atomic E-state index is -3.77. The van der Waals surface area contributed by atoms with Crippen molar-refractivity contribution in [2.24, 2.45) is 0 Å². The molecule has 4 rings (SSSR count). The normalized spacial score (nSPS) is 14.3. The van der Waals surface area contributed by atoms with Crippen LogP contribution in [0.15, 0.2) is 58.4 Å². The number of halogens is 1. The van der Waals surface area contributed by atoms with Crippen LogP contribution in [-0.2, 0) is 14.8 Å². The Morgan fingerprint density at radius 2 is 1.82 bits per heavy atom. The summed E-state index contributed by atoms with van der Waals surface area (Å²) in [6.07, 6.45) is 2.87. The second-order valence-electron chi connectivity index (χ2n) is 7.56. The number of aromatic amines is 1. The Labute approximate surface area is 194 Å². The molecule has 1 aromatic heterocycles. The van der Waals surface area contributed by atoms with Crippen LogP contribution in [0, 0.1) is 0 Å². The number of pyridine rings is 1. The number of nitrogens with one attached hydrogen (secondary N) is 3. The summed E-state index contributed by atoms with van der Waals surface area (Å²) in [4.78, 5) is 40.1. The quantitative estimate of drug-likeness (QED) is 0.490. The number of anilines is 1. The van der Waals surface area contributed by atoms with Crippen molar-refractivity contribution >= 4 is 50.0 Å². The van der Waals surface area contributed by atoms with Crippen LogP contribution >= 0.6 is 11.6 Å². The highest BCUT2D eigenvalue weighted by molar-refractivity contribution is 7.89. The van der Waals surface area contributed by atoms with Crippen LogP contribution in [0.25, 0.3) is 10.9 Å². The fourth-order valence-electron chi connectivity index (χ4n) is 3.64. The molecular formula is C22H21ClN4O5S. The van der Waals surface area contributed by atoms with Gasteiger partial charge in [-0.1, -0.05) is 23.7 Å². The van der Waals surface area contributed by atoms with E-state index in [1.54, 1.807) is 24.3 Å². The van der Waals surface area contributed by atoms with Gasteiger partial charge in [0.05, 0.1) is 11.6 Å². The highest BCUT2D eigenvalue weighted by Gasteiger charge is 2.29. The third kappa shape index (κ3) is 4.77. The molecular weight excluding hydrogens is 468 g/mol. The molecule has 2 aromatic carbocycles. The van der Waals surface area contributed by atoms with Gasteiger partial charge in [0, 0.05) is 35.9 Å². The minimum absolute atomic E-state index is 0.0590. The van der Waals surface area contributed by atoms with E-state index < -0.39 is 33.8 Å². The van der Waals surface area contributed by atoms with Gasteiger partial charge in [-0.3, -0.25) is 14.4 Å². The second kappa shape index (κ2) is 9.34. The van der Waals surface area contributed by atoms with E-state index >= 15 is 0 Å². The standard InChI is InChI=1S/C22H21ClN4O5S/c23-17-8-7-14(11-19(17)33(31,32)27-9-3-4-10-27)26-20(28)13-25-22(30)16-12-24-18-6-2-1-5-15(18)21(16)29/h1-2,5-8,11-12H,3-4,9-10,13H2,(H,24,29)(H,25,30)(H,26,28). The van der Waals surface area contributed by atoms with Crippen molar-refractivity contribution in [2.75, 3.05) is 25.0 Å². The van der Waals surface area contributed by atoms with Gasteiger partial charge in [0.15, 0.2) is 0 Å². The lowest BCUT2D eigenvalue weighted by Gasteiger charge is -2.17. The summed E-state index contributed by atoms with van der Waals surface area (Å²) < 4.78 is 27.0. The molecule has 172 valence electrons. The van der Waals surface area contributed by atoms with Crippen LogP contribution in [0.2, 0.25) is 5.02 Å². The van der Waals surface area contributed by atoms with Crippen molar-refractivity contribution in [1.29, 1.82) is 0 Å². The minimum Gasteiger partial charge on any atom is -0.360 e. The Kier molecular flexibility index (Phi) is 6.50. The molecule has 1 aliphatic heterocycles. The first-order chi connectivity index (χ1) is 15.8. The van der Waals surface area contributed by atoms with E-state index in [1.165, 1.54) is 28.7 Å². The molecule has 2 amide bonds. The number of rotatable bonds is 6. The predicted molar refractivity (Wildman–Crippen MR) is 125 cm³/mol. The van der Waals surface area contributed by atoms with Gasteiger partial charge in [0.25, 0.3) is 5.91 Å². The Hall–Kier alpha value is -3.21. The predicted octanol–water partition coefficient (Wildman–Crippen LogP) is 2.33. The summed E-state index contributed by atoms with van der Waals surface area (Å²) in [7, 11) is -3.77. The third-order valence-corrected chi connectivity index (χ3v) is 7.72.